The summed E-state index contributed by atoms with van der Waals surface area (Å²) in [6.45, 7) is 0. The van der Waals surface area contributed by atoms with Crippen LogP contribution in [0, 0.1) is 0 Å². The molecule has 0 amide bonds. The molecule has 0 aliphatic carbocycles. The van der Waals surface area contributed by atoms with Crippen LogP contribution >= 0.6 is 11.3 Å². The molecule has 0 radical (unpaired) electrons. The van der Waals surface area contributed by atoms with Gasteiger partial charge in [-0.1, -0.05) is 140 Å². The van der Waals surface area contributed by atoms with Crippen molar-refractivity contribution in [2.75, 3.05) is 0 Å². The van der Waals surface area contributed by atoms with Gasteiger partial charge in [-0.2, -0.15) is 0 Å². The highest BCUT2D eigenvalue weighted by Crippen LogP contribution is 2.42. The number of fused-ring (bicyclic) bond motifs is 3. The fourth-order valence-electron chi connectivity index (χ4n) is 6.69. The molecule has 0 aliphatic rings. The molecule has 230 valence electrons. The zero-order valence-corrected chi connectivity index (χ0v) is 27.4. The number of nitrogens with zero attached hydrogens (tertiary/aromatic N) is 2. The van der Waals surface area contributed by atoms with E-state index in [4.69, 9.17) is 9.97 Å². The zero-order valence-electron chi connectivity index (χ0n) is 26.6. The summed E-state index contributed by atoms with van der Waals surface area (Å²) in [5, 5.41) is 2.59. The van der Waals surface area contributed by atoms with Crippen molar-refractivity contribution >= 4 is 31.5 Å². The molecule has 9 aromatic rings. The summed E-state index contributed by atoms with van der Waals surface area (Å²) in [6, 6.07) is 64.5. The Morgan fingerprint density at radius 1 is 0.327 bits per heavy atom. The Morgan fingerprint density at radius 2 is 0.837 bits per heavy atom. The van der Waals surface area contributed by atoms with Crippen LogP contribution in [0.1, 0.15) is 0 Å². The summed E-state index contributed by atoms with van der Waals surface area (Å²) < 4.78 is 2.59. The second kappa shape index (κ2) is 12.5. The van der Waals surface area contributed by atoms with Gasteiger partial charge in [0.05, 0.1) is 11.4 Å². The smallest absolute Gasteiger partial charge is 0.160 e. The van der Waals surface area contributed by atoms with E-state index in [1.807, 2.05) is 29.5 Å². The van der Waals surface area contributed by atoms with Crippen molar-refractivity contribution < 1.29 is 0 Å². The average molecular weight is 643 g/mol. The molecule has 2 heterocycles. The van der Waals surface area contributed by atoms with Crippen LogP contribution < -0.4 is 0 Å². The molecule has 3 heteroatoms. The number of thiophene rings is 1. The first-order valence-corrected chi connectivity index (χ1v) is 17.3. The first kappa shape index (κ1) is 29.0. The van der Waals surface area contributed by atoms with Crippen LogP contribution in [-0.2, 0) is 0 Å². The van der Waals surface area contributed by atoms with Crippen molar-refractivity contribution in [3.63, 3.8) is 0 Å². The summed E-state index contributed by atoms with van der Waals surface area (Å²) in [4.78, 5) is 10.4. The molecule has 0 N–H and O–H groups in total. The standard InChI is InChI=1S/C46H30N2S/c1-4-14-31(15-5-1)34-20-12-21-35(26-34)41-30-42(48-46(47-41)33-18-8-3-9-19-33)38-28-36(32-16-6-2-7-17-32)27-37(29-38)39-23-13-25-44-45(39)40-22-10-11-24-43(40)49-44/h1-30H. The topological polar surface area (TPSA) is 25.8 Å². The molecule has 0 aliphatic heterocycles. The summed E-state index contributed by atoms with van der Waals surface area (Å²) in [7, 11) is 0. The lowest BCUT2D eigenvalue weighted by Gasteiger charge is -2.14. The summed E-state index contributed by atoms with van der Waals surface area (Å²) in [5.41, 5.74) is 11.9. The quantitative estimate of drug-likeness (QED) is 0.180. The Hall–Kier alpha value is -6.16. The maximum absolute atomic E-state index is 5.24. The van der Waals surface area contributed by atoms with E-state index in [0.717, 1.165) is 44.8 Å². The molecule has 2 nitrogen and oxygen atoms in total. The predicted octanol–water partition coefficient (Wildman–Crippen LogP) is 12.8. The number of hydrogen-bond donors (Lipinski definition) is 0. The Kier molecular flexibility index (Phi) is 7.38. The lowest BCUT2D eigenvalue weighted by Crippen LogP contribution is -1.97. The van der Waals surface area contributed by atoms with Gasteiger partial charge in [0.15, 0.2) is 5.82 Å². The van der Waals surface area contributed by atoms with Gasteiger partial charge in [-0.05, 0) is 75.8 Å². The van der Waals surface area contributed by atoms with Crippen molar-refractivity contribution in [3.8, 4) is 67.3 Å². The minimum Gasteiger partial charge on any atom is -0.228 e. The lowest BCUT2D eigenvalue weighted by molar-refractivity contribution is 1.18. The molecular weight excluding hydrogens is 613 g/mol. The van der Waals surface area contributed by atoms with Crippen LogP contribution in [0.15, 0.2) is 182 Å². The van der Waals surface area contributed by atoms with Crippen LogP contribution in [0.5, 0.6) is 0 Å². The second-order valence-corrected chi connectivity index (χ2v) is 13.3. The maximum Gasteiger partial charge on any atom is 0.160 e. The maximum atomic E-state index is 5.24. The monoisotopic (exact) mass is 642 g/mol. The van der Waals surface area contributed by atoms with Crippen molar-refractivity contribution in [1.82, 2.24) is 9.97 Å². The average Bonchev–Trinajstić information content (AvgIpc) is 3.58. The molecule has 0 fully saturated rings. The Balaban J connectivity index is 1.28. The Bertz CT molecular complexity index is 2590. The molecule has 2 aromatic heterocycles. The van der Waals surface area contributed by atoms with Crippen LogP contribution in [0.4, 0.5) is 0 Å². The molecule has 0 spiro atoms. The van der Waals surface area contributed by atoms with Crippen LogP contribution in [0.25, 0.3) is 87.5 Å². The van der Waals surface area contributed by atoms with Crippen LogP contribution in [-0.4, -0.2) is 9.97 Å². The minimum absolute atomic E-state index is 0.704. The SMILES string of the molecule is c1ccc(-c2cccc(-c3cc(-c4cc(-c5ccccc5)cc(-c5cccc6sc7ccccc7c56)c4)nc(-c4ccccc4)n3)c2)cc1. The largest absolute Gasteiger partial charge is 0.228 e. The second-order valence-electron chi connectivity index (χ2n) is 12.2. The van der Waals surface area contributed by atoms with Gasteiger partial charge in [0.2, 0.25) is 0 Å². The van der Waals surface area contributed by atoms with Crippen molar-refractivity contribution in [2.24, 2.45) is 0 Å². The van der Waals surface area contributed by atoms with Crippen molar-refractivity contribution in [1.29, 1.82) is 0 Å². The molecule has 0 atom stereocenters. The van der Waals surface area contributed by atoms with Gasteiger partial charge in [0, 0.05) is 36.9 Å². The molecule has 0 saturated carbocycles. The van der Waals surface area contributed by atoms with E-state index in [-0.39, 0.29) is 0 Å². The highest BCUT2D eigenvalue weighted by Gasteiger charge is 2.16. The highest BCUT2D eigenvalue weighted by atomic mass is 32.1. The Morgan fingerprint density at radius 3 is 1.59 bits per heavy atom. The molecule has 49 heavy (non-hydrogen) atoms. The van der Waals surface area contributed by atoms with Crippen LogP contribution in [0.2, 0.25) is 0 Å². The number of aromatic nitrogens is 2. The van der Waals surface area contributed by atoms with E-state index in [1.54, 1.807) is 0 Å². The minimum atomic E-state index is 0.704. The van der Waals surface area contributed by atoms with E-state index in [9.17, 15) is 0 Å². The van der Waals surface area contributed by atoms with Gasteiger partial charge in [0.25, 0.3) is 0 Å². The van der Waals surface area contributed by atoms with E-state index in [1.165, 1.54) is 36.9 Å². The van der Waals surface area contributed by atoms with Gasteiger partial charge in [-0.25, -0.2) is 9.97 Å². The first-order valence-electron chi connectivity index (χ1n) is 16.5. The lowest BCUT2D eigenvalue weighted by atomic mass is 9.92. The third-order valence-corrected chi connectivity index (χ3v) is 10.2. The van der Waals surface area contributed by atoms with Crippen molar-refractivity contribution in [2.45, 2.75) is 0 Å². The summed E-state index contributed by atoms with van der Waals surface area (Å²) >= 11 is 1.85. The normalized spacial score (nSPS) is 11.3. The number of hydrogen-bond acceptors (Lipinski definition) is 3. The van der Waals surface area contributed by atoms with Gasteiger partial charge < -0.3 is 0 Å². The van der Waals surface area contributed by atoms with Gasteiger partial charge >= 0.3 is 0 Å². The third-order valence-electron chi connectivity index (χ3n) is 9.07. The van der Waals surface area contributed by atoms with Crippen molar-refractivity contribution in [3.05, 3.63) is 182 Å². The molecule has 0 unspecified atom stereocenters. The third kappa shape index (κ3) is 5.61. The molecule has 7 aromatic carbocycles. The zero-order chi connectivity index (χ0) is 32.6. The highest BCUT2D eigenvalue weighted by molar-refractivity contribution is 7.25. The summed E-state index contributed by atoms with van der Waals surface area (Å²) in [5.74, 6) is 0.704. The van der Waals surface area contributed by atoms with E-state index in [0.29, 0.717) is 5.82 Å². The van der Waals surface area contributed by atoms with Gasteiger partial charge in [-0.15, -0.1) is 11.3 Å². The van der Waals surface area contributed by atoms with E-state index in [2.05, 4.69) is 164 Å². The fourth-order valence-corrected chi connectivity index (χ4v) is 7.82. The Labute approximate surface area is 289 Å². The predicted molar refractivity (Wildman–Crippen MR) is 208 cm³/mol. The molecule has 9 rings (SSSR count). The van der Waals surface area contributed by atoms with E-state index < -0.39 is 0 Å². The molecular formula is C46H30N2S. The van der Waals surface area contributed by atoms with Gasteiger partial charge in [-0.3, -0.25) is 0 Å². The summed E-state index contributed by atoms with van der Waals surface area (Å²) in [6.07, 6.45) is 0. The number of rotatable bonds is 6. The molecule has 0 saturated heterocycles. The fraction of sp³-hybridized carbons (Fsp3) is 0. The molecule has 0 bridgehead atoms. The number of benzene rings is 7. The van der Waals surface area contributed by atoms with E-state index >= 15 is 0 Å². The van der Waals surface area contributed by atoms with Crippen LogP contribution in [0.3, 0.4) is 0 Å². The first-order chi connectivity index (χ1) is 24.3. The van der Waals surface area contributed by atoms with Gasteiger partial charge in [0.1, 0.15) is 0 Å².